The lowest BCUT2D eigenvalue weighted by atomic mass is 10.0. The summed E-state index contributed by atoms with van der Waals surface area (Å²) in [5, 5.41) is 0.493. The van der Waals surface area contributed by atoms with E-state index in [1.165, 1.54) is 4.90 Å². The minimum atomic E-state index is -0.0867. The van der Waals surface area contributed by atoms with Gasteiger partial charge in [0.05, 0.1) is 5.70 Å². The number of likely N-dealkylation sites (N-methyl/N-ethyl adjacent to an activating group) is 2. The lowest BCUT2D eigenvalue weighted by Gasteiger charge is -2.31. The van der Waals surface area contributed by atoms with Gasteiger partial charge in [0.1, 0.15) is 5.70 Å². The Bertz CT molecular complexity index is 949. The molecule has 0 spiro atoms. The van der Waals surface area contributed by atoms with E-state index in [4.69, 9.17) is 12.2 Å². The van der Waals surface area contributed by atoms with E-state index in [0.29, 0.717) is 10.8 Å². The average Bonchev–Trinajstić information content (AvgIpc) is 2.91. The second-order valence-electron chi connectivity index (χ2n) is 6.19. The predicted octanol–water partition coefficient (Wildman–Crippen LogP) is 4.01. The van der Waals surface area contributed by atoms with Crippen molar-refractivity contribution in [3.63, 3.8) is 0 Å². The number of para-hydroxylation sites is 2. The van der Waals surface area contributed by atoms with Crippen LogP contribution in [0.4, 0.5) is 11.4 Å². The molecule has 4 rings (SSSR count). The van der Waals surface area contributed by atoms with E-state index >= 15 is 0 Å². The molecule has 5 heteroatoms. The molecule has 1 fully saturated rings. The molecule has 26 heavy (non-hydrogen) atoms. The third-order valence-corrected chi connectivity index (χ3v) is 5.18. The highest BCUT2D eigenvalue weighted by molar-refractivity contribution is 7.80. The summed E-state index contributed by atoms with van der Waals surface area (Å²) in [7, 11) is 1.73. The summed E-state index contributed by atoms with van der Waals surface area (Å²) >= 11 is 5.58. The van der Waals surface area contributed by atoms with Crippen molar-refractivity contribution in [3.05, 3.63) is 77.6 Å². The van der Waals surface area contributed by atoms with E-state index in [1.54, 1.807) is 7.05 Å². The largest absolute Gasteiger partial charge is 0.339 e. The van der Waals surface area contributed by atoms with E-state index in [-0.39, 0.29) is 5.91 Å². The lowest BCUT2D eigenvalue weighted by molar-refractivity contribution is -0.121. The van der Waals surface area contributed by atoms with Gasteiger partial charge in [0.2, 0.25) is 0 Å². The maximum atomic E-state index is 13.1. The van der Waals surface area contributed by atoms with E-state index in [9.17, 15) is 4.79 Å². The molecule has 0 unspecified atom stereocenters. The van der Waals surface area contributed by atoms with Crippen LogP contribution in [0.15, 0.2) is 72.1 Å². The first kappa shape index (κ1) is 16.5. The van der Waals surface area contributed by atoms with Crippen LogP contribution in [0.5, 0.6) is 0 Å². The smallest absolute Gasteiger partial charge is 0.279 e. The molecular weight excluding hydrogens is 342 g/mol. The number of hydrogen-bond donors (Lipinski definition) is 0. The van der Waals surface area contributed by atoms with Gasteiger partial charge in [-0.1, -0.05) is 42.5 Å². The van der Waals surface area contributed by atoms with E-state index in [2.05, 4.69) is 30.0 Å². The molecular formula is C21H19N3OS. The van der Waals surface area contributed by atoms with Crippen molar-refractivity contribution in [2.24, 2.45) is 0 Å². The Morgan fingerprint density at radius 2 is 1.65 bits per heavy atom. The molecule has 0 atom stereocenters. The molecule has 2 aliphatic rings. The summed E-state index contributed by atoms with van der Waals surface area (Å²) in [6.07, 6.45) is 4.07. The second kappa shape index (κ2) is 6.42. The van der Waals surface area contributed by atoms with Gasteiger partial charge in [0.15, 0.2) is 5.11 Å². The number of allylic oxidation sites excluding steroid dienone is 1. The molecule has 2 aromatic carbocycles. The fourth-order valence-corrected chi connectivity index (χ4v) is 3.72. The molecule has 1 saturated heterocycles. The van der Waals surface area contributed by atoms with Crippen LogP contribution in [0, 0.1) is 0 Å². The molecule has 0 bridgehead atoms. The van der Waals surface area contributed by atoms with Crippen molar-refractivity contribution in [2.45, 2.75) is 6.92 Å². The van der Waals surface area contributed by atoms with Crippen molar-refractivity contribution in [1.82, 2.24) is 4.90 Å². The molecule has 4 nitrogen and oxygen atoms in total. The Morgan fingerprint density at radius 3 is 2.38 bits per heavy atom. The highest BCUT2D eigenvalue weighted by Crippen LogP contribution is 2.36. The number of hydrogen-bond acceptors (Lipinski definition) is 3. The molecule has 1 amide bonds. The molecule has 0 aliphatic carbocycles. The number of benzene rings is 2. The van der Waals surface area contributed by atoms with E-state index in [1.807, 2.05) is 53.4 Å². The van der Waals surface area contributed by atoms with E-state index < -0.39 is 0 Å². The van der Waals surface area contributed by atoms with Crippen LogP contribution in [0.25, 0.3) is 6.08 Å². The van der Waals surface area contributed by atoms with Crippen LogP contribution in [0.1, 0.15) is 12.5 Å². The van der Waals surface area contributed by atoms with Crippen LogP contribution < -0.4 is 9.80 Å². The normalized spacial score (nSPS) is 19.4. The van der Waals surface area contributed by atoms with Crippen molar-refractivity contribution in [1.29, 1.82) is 0 Å². The molecule has 0 aromatic heterocycles. The highest BCUT2D eigenvalue weighted by Gasteiger charge is 2.40. The van der Waals surface area contributed by atoms with Gasteiger partial charge in [0.25, 0.3) is 5.91 Å². The summed E-state index contributed by atoms with van der Waals surface area (Å²) in [4.78, 5) is 18.6. The van der Waals surface area contributed by atoms with Gasteiger partial charge in [-0.15, -0.1) is 0 Å². The number of fused-ring (bicyclic) bond motifs is 1. The summed E-state index contributed by atoms with van der Waals surface area (Å²) < 4.78 is 0. The first-order chi connectivity index (χ1) is 12.6. The van der Waals surface area contributed by atoms with Gasteiger partial charge >= 0.3 is 0 Å². The van der Waals surface area contributed by atoms with E-state index in [0.717, 1.165) is 29.2 Å². The van der Waals surface area contributed by atoms with Crippen LogP contribution in [0.3, 0.4) is 0 Å². The SMILES string of the molecule is CCN1/C(=C2\C(=O)N(C)C(=S)N2c2ccccc2)C=Cc2ccccc21. The second-order valence-corrected chi connectivity index (χ2v) is 6.55. The number of carbonyl (C=O) groups excluding carboxylic acids is 1. The standard InChI is InChI=1S/C21H19N3OS/c1-3-23-17-12-8-7-9-15(17)13-14-18(23)19-20(25)22(2)21(26)24(19)16-10-5-4-6-11-16/h4-14H,3H2,1-2H3/b19-18+. The van der Waals surface area contributed by atoms with Crippen molar-refractivity contribution < 1.29 is 4.79 Å². The van der Waals surface area contributed by atoms with Gasteiger partial charge in [-0.3, -0.25) is 14.6 Å². The number of rotatable bonds is 2. The Labute approximate surface area is 158 Å². The highest BCUT2D eigenvalue weighted by atomic mass is 32.1. The van der Waals surface area contributed by atoms with Crippen LogP contribution >= 0.6 is 12.2 Å². The maximum absolute atomic E-state index is 13.1. The molecule has 2 aromatic rings. The first-order valence-electron chi connectivity index (χ1n) is 8.59. The molecule has 0 N–H and O–H groups in total. The van der Waals surface area contributed by atoms with Crippen LogP contribution in [0.2, 0.25) is 0 Å². The van der Waals surface area contributed by atoms with Crippen LogP contribution in [-0.2, 0) is 4.79 Å². The Hall–Kier alpha value is -2.92. The molecule has 2 heterocycles. The van der Waals surface area contributed by atoms with Gasteiger partial charge in [0, 0.05) is 25.0 Å². The van der Waals surface area contributed by atoms with Crippen molar-refractivity contribution >= 4 is 40.7 Å². The topological polar surface area (TPSA) is 26.8 Å². The predicted molar refractivity (Wildman–Crippen MR) is 110 cm³/mol. The Balaban J connectivity index is 1.93. The van der Waals surface area contributed by atoms with Gasteiger partial charge in [-0.05, 0) is 49.0 Å². The summed E-state index contributed by atoms with van der Waals surface area (Å²) in [6, 6.07) is 18.0. The maximum Gasteiger partial charge on any atom is 0.279 e. The fourth-order valence-electron chi connectivity index (χ4n) is 3.44. The molecule has 130 valence electrons. The molecule has 0 radical (unpaired) electrons. The quantitative estimate of drug-likeness (QED) is 0.596. The monoisotopic (exact) mass is 361 g/mol. The minimum absolute atomic E-state index is 0.0867. The number of thiocarbonyl (C=S) groups is 1. The average molecular weight is 361 g/mol. The Morgan fingerprint density at radius 1 is 0.962 bits per heavy atom. The molecule has 0 saturated carbocycles. The van der Waals surface area contributed by atoms with Gasteiger partial charge in [-0.2, -0.15) is 0 Å². The number of nitrogens with zero attached hydrogens (tertiary/aromatic N) is 3. The third kappa shape index (κ3) is 2.44. The van der Waals surface area contributed by atoms with Crippen LogP contribution in [-0.4, -0.2) is 29.5 Å². The first-order valence-corrected chi connectivity index (χ1v) is 9.00. The zero-order chi connectivity index (χ0) is 18.3. The molecule has 2 aliphatic heterocycles. The third-order valence-electron chi connectivity index (χ3n) is 4.72. The zero-order valence-electron chi connectivity index (χ0n) is 14.7. The van der Waals surface area contributed by atoms with Gasteiger partial charge < -0.3 is 4.90 Å². The number of carbonyl (C=O) groups is 1. The van der Waals surface area contributed by atoms with Crippen molar-refractivity contribution in [2.75, 3.05) is 23.4 Å². The zero-order valence-corrected chi connectivity index (χ0v) is 15.5. The summed E-state index contributed by atoms with van der Waals surface area (Å²) in [6.45, 7) is 2.84. The summed E-state index contributed by atoms with van der Waals surface area (Å²) in [5.74, 6) is -0.0867. The Kier molecular flexibility index (Phi) is 4.09. The summed E-state index contributed by atoms with van der Waals surface area (Å²) in [5.41, 5.74) is 4.59. The number of amides is 1. The lowest BCUT2D eigenvalue weighted by Crippen LogP contribution is -2.31. The fraction of sp³-hybridized carbons (Fsp3) is 0.143. The van der Waals surface area contributed by atoms with Crippen molar-refractivity contribution in [3.8, 4) is 0 Å². The minimum Gasteiger partial charge on any atom is -0.339 e. The number of anilines is 2. The van der Waals surface area contributed by atoms with Gasteiger partial charge in [-0.25, -0.2) is 0 Å².